The minimum Gasteiger partial charge on any atom is -0.365 e. The smallest absolute Gasteiger partial charge is 0.258 e. The summed E-state index contributed by atoms with van der Waals surface area (Å²) < 4.78 is 0. The fourth-order valence-corrected chi connectivity index (χ4v) is 1.60. The second-order valence-electron chi connectivity index (χ2n) is 2.38. The highest BCUT2D eigenvalue weighted by molar-refractivity contribution is 7.14. The SMILES string of the molecule is CC.CC/C=C/c1ccc(C(N)=O)s1. The summed E-state index contributed by atoms with van der Waals surface area (Å²) >= 11 is 1.42. The number of nitrogens with two attached hydrogens (primary N) is 1. The van der Waals surface area contributed by atoms with Gasteiger partial charge >= 0.3 is 0 Å². The van der Waals surface area contributed by atoms with Gasteiger partial charge in [-0.05, 0) is 24.6 Å². The largest absolute Gasteiger partial charge is 0.365 e. The van der Waals surface area contributed by atoms with Crippen molar-refractivity contribution in [2.45, 2.75) is 27.2 Å². The molecule has 0 saturated heterocycles. The van der Waals surface area contributed by atoms with Crippen LogP contribution in [-0.4, -0.2) is 5.91 Å². The maximum Gasteiger partial charge on any atom is 0.258 e. The molecule has 0 atom stereocenters. The van der Waals surface area contributed by atoms with Crippen LogP contribution in [-0.2, 0) is 0 Å². The highest BCUT2D eigenvalue weighted by Gasteiger charge is 2.01. The van der Waals surface area contributed by atoms with E-state index in [1.165, 1.54) is 11.3 Å². The molecule has 0 aliphatic rings. The topological polar surface area (TPSA) is 43.1 Å². The number of hydrogen-bond donors (Lipinski definition) is 1. The van der Waals surface area contributed by atoms with Crippen molar-refractivity contribution in [1.29, 1.82) is 0 Å². The molecule has 14 heavy (non-hydrogen) atoms. The van der Waals surface area contributed by atoms with Crippen LogP contribution in [0.3, 0.4) is 0 Å². The molecule has 1 aromatic rings. The molecule has 0 radical (unpaired) electrons. The highest BCUT2D eigenvalue weighted by Crippen LogP contribution is 2.17. The van der Waals surface area contributed by atoms with Gasteiger partial charge in [0.05, 0.1) is 4.88 Å². The summed E-state index contributed by atoms with van der Waals surface area (Å²) in [5.74, 6) is -0.351. The van der Waals surface area contributed by atoms with E-state index >= 15 is 0 Å². The lowest BCUT2D eigenvalue weighted by atomic mass is 10.3. The summed E-state index contributed by atoms with van der Waals surface area (Å²) in [6, 6.07) is 3.65. The molecule has 1 rings (SSSR count). The Kier molecular flexibility index (Phi) is 6.76. The predicted molar refractivity (Wildman–Crippen MR) is 63.5 cm³/mol. The third kappa shape index (κ3) is 4.23. The maximum atomic E-state index is 10.7. The lowest BCUT2D eigenvalue weighted by Crippen LogP contribution is -2.07. The van der Waals surface area contributed by atoms with Crippen molar-refractivity contribution in [3.63, 3.8) is 0 Å². The zero-order chi connectivity index (χ0) is 11.0. The second kappa shape index (κ2) is 7.33. The fraction of sp³-hybridized carbons (Fsp3) is 0.364. The third-order valence-electron chi connectivity index (χ3n) is 1.39. The number of thiophene rings is 1. The number of hydrogen-bond acceptors (Lipinski definition) is 2. The number of allylic oxidation sites excluding steroid dienone is 1. The first-order valence-electron chi connectivity index (χ1n) is 4.80. The molecule has 0 spiro atoms. The van der Waals surface area contributed by atoms with Gasteiger partial charge < -0.3 is 5.73 Å². The van der Waals surface area contributed by atoms with Gasteiger partial charge in [-0.3, -0.25) is 4.79 Å². The van der Waals surface area contributed by atoms with Gasteiger partial charge in [0, 0.05) is 4.88 Å². The van der Waals surface area contributed by atoms with Crippen LogP contribution >= 0.6 is 11.3 Å². The Bertz CT molecular complexity index is 302. The van der Waals surface area contributed by atoms with Crippen molar-refractivity contribution < 1.29 is 4.79 Å². The van der Waals surface area contributed by atoms with Crippen molar-refractivity contribution in [3.8, 4) is 0 Å². The lowest BCUT2D eigenvalue weighted by molar-refractivity contribution is 0.100. The molecule has 1 amide bonds. The maximum absolute atomic E-state index is 10.7. The average molecular weight is 211 g/mol. The molecular formula is C11H17NOS. The van der Waals surface area contributed by atoms with Crippen LogP contribution in [0, 0.1) is 0 Å². The molecule has 1 heterocycles. The van der Waals surface area contributed by atoms with Crippen molar-refractivity contribution >= 4 is 23.3 Å². The van der Waals surface area contributed by atoms with Crippen LogP contribution < -0.4 is 5.73 Å². The number of rotatable bonds is 3. The van der Waals surface area contributed by atoms with Crippen molar-refractivity contribution in [3.05, 3.63) is 28.0 Å². The first-order chi connectivity index (χ1) is 6.74. The monoisotopic (exact) mass is 211 g/mol. The van der Waals surface area contributed by atoms with Crippen molar-refractivity contribution in [2.75, 3.05) is 0 Å². The van der Waals surface area contributed by atoms with Gasteiger partial charge in [-0.15, -0.1) is 11.3 Å². The molecule has 0 fully saturated rings. The van der Waals surface area contributed by atoms with Crippen LogP contribution in [0.2, 0.25) is 0 Å². The van der Waals surface area contributed by atoms with Gasteiger partial charge in [-0.25, -0.2) is 0 Å². The summed E-state index contributed by atoms with van der Waals surface area (Å²) in [4.78, 5) is 12.4. The van der Waals surface area contributed by atoms with Crippen LogP contribution in [0.1, 0.15) is 41.7 Å². The summed E-state index contributed by atoms with van der Waals surface area (Å²) in [6.45, 7) is 6.07. The van der Waals surface area contributed by atoms with Gasteiger partial charge in [0.25, 0.3) is 5.91 Å². The molecule has 0 aliphatic carbocycles. The van der Waals surface area contributed by atoms with Gasteiger partial charge in [-0.1, -0.05) is 26.8 Å². The summed E-state index contributed by atoms with van der Waals surface area (Å²) in [6.07, 6.45) is 5.05. The molecule has 0 unspecified atom stereocenters. The second-order valence-corrected chi connectivity index (χ2v) is 3.49. The zero-order valence-corrected chi connectivity index (χ0v) is 9.73. The van der Waals surface area contributed by atoms with Crippen molar-refractivity contribution in [1.82, 2.24) is 0 Å². The number of primary amides is 1. The Hall–Kier alpha value is -1.09. The van der Waals surface area contributed by atoms with E-state index < -0.39 is 0 Å². The van der Waals surface area contributed by atoms with E-state index in [9.17, 15) is 4.79 Å². The van der Waals surface area contributed by atoms with Crippen LogP contribution in [0.15, 0.2) is 18.2 Å². The molecule has 2 N–H and O–H groups in total. The zero-order valence-electron chi connectivity index (χ0n) is 8.91. The Labute approximate surface area is 89.4 Å². The van der Waals surface area contributed by atoms with Gasteiger partial charge in [0.2, 0.25) is 0 Å². The molecule has 78 valence electrons. The fourth-order valence-electron chi connectivity index (χ4n) is 0.809. The van der Waals surface area contributed by atoms with E-state index in [-0.39, 0.29) is 5.91 Å². The Balaban J connectivity index is 0.000000791. The molecule has 0 aliphatic heterocycles. The van der Waals surface area contributed by atoms with E-state index in [1.54, 1.807) is 6.07 Å². The van der Waals surface area contributed by atoms with E-state index in [0.29, 0.717) is 4.88 Å². The average Bonchev–Trinajstić information content (AvgIpc) is 2.66. The van der Waals surface area contributed by atoms with Crippen LogP contribution in [0.25, 0.3) is 6.08 Å². The van der Waals surface area contributed by atoms with E-state index in [0.717, 1.165) is 11.3 Å². The Morgan fingerprint density at radius 2 is 2.14 bits per heavy atom. The van der Waals surface area contributed by atoms with E-state index in [2.05, 4.69) is 13.0 Å². The number of carbonyl (C=O) groups excluding carboxylic acids is 1. The standard InChI is InChI=1S/C9H11NOS.C2H6/c1-2-3-4-7-5-6-8(12-7)9(10)11;1-2/h3-6H,2H2,1H3,(H2,10,11);1-2H3/b4-3+;. The first-order valence-corrected chi connectivity index (χ1v) is 5.62. The van der Waals surface area contributed by atoms with Crippen molar-refractivity contribution in [2.24, 2.45) is 5.73 Å². The van der Waals surface area contributed by atoms with Gasteiger partial charge in [0.1, 0.15) is 0 Å². The Morgan fingerprint density at radius 1 is 1.50 bits per heavy atom. The summed E-state index contributed by atoms with van der Waals surface area (Å²) in [5, 5.41) is 0. The summed E-state index contributed by atoms with van der Waals surface area (Å²) in [7, 11) is 0. The normalized spacial score (nSPS) is 9.64. The molecule has 0 bridgehead atoms. The van der Waals surface area contributed by atoms with Gasteiger partial charge in [0.15, 0.2) is 0 Å². The predicted octanol–water partition coefficient (Wildman–Crippen LogP) is 3.30. The van der Waals surface area contributed by atoms with Crippen LogP contribution in [0.4, 0.5) is 0 Å². The van der Waals surface area contributed by atoms with E-state index in [4.69, 9.17) is 5.73 Å². The first kappa shape index (κ1) is 12.9. The van der Waals surface area contributed by atoms with E-state index in [1.807, 2.05) is 26.0 Å². The number of carbonyl (C=O) groups is 1. The minimum atomic E-state index is -0.351. The molecule has 0 saturated carbocycles. The highest BCUT2D eigenvalue weighted by atomic mass is 32.1. The molecule has 0 aromatic carbocycles. The third-order valence-corrected chi connectivity index (χ3v) is 2.45. The Morgan fingerprint density at radius 3 is 2.57 bits per heavy atom. The molecule has 2 nitrogen and oxygen atoms in total. The summed E-state index contributed by atoms with van der Waals surface area (Å²) in [5.41, 5.74) is 5.10. The molecule has 1 aromatic heterocycles. The molecule has 3 heteroatoms. The molecular weight excluding hydrogens is 194 g/mol. The number of amides is 1. The van der Waals surface area contributed by atoms with Gasteiger partial charge in [-0.2, -0.15) is 0 Å². The minimum absolute atomic E-state index is 0.351. The quantitative estimate of drug-likeness (QED) is 0.819. The lowest BCUT2D eigenvalue weighted by Gasteiger charge is -1.83. The van der Waals surface area contributed by atoms with Crippen LogP contribution in [0.5, 0.6) is 0 Å².